The summed E-state index contributed by atoms with van der Waals surface area (Å²) in [6.45, 7) is 1.68. The Labute approximate surface area is 99.4 Å². The smallest absolute Gasteiger partial charge is 0.268 e. The van der Waals surface area contributed by atoms with E-state index in [2.05, 4.69) is 16.7 Å². The van der Waals surface area contributed by atoms with Crippen LogP contribution in [0.1, 0.15) is 18.5 Å². The summed E-state index contributed by atoms with van der Waals surface area (Å²) in [5.74, 6) is 1.07. The molecular weight excluding hydrogens is 222 g/mol. The van der Waals surface area contributed by atoms with Crippen molar-refractivity contribution in [2.24, 2.45) is 0 Å². The molecular formula is C11H17N3OS. The minimum atomic E-state index is 0.00857. The molecule has 0 aliphatic carbocycles. The summed E-state index contributed by atoms with van der Waals surface area (Å²) in [5, 5.41) is 7.63. The standard InChI is InChI=1S/C11H17N3OS/c1-16-7-3-6-14-11(15)8-10-9(13-14)4-2-5-12-10/h8,12H,2-7H2,1H3. The monoisotopic (exact) mass is 239 g/mol. The van der Waals surface area contributed by atoms with Crippen LogP contribution in [0, 0.1) is 0 Å². The Morgan fingerprint density at radius 1 is 1.62 bits per heavy atom. The van der Waals surface area contributed by atoms with Crippen LogP contribution in [0.2, 0.25) is 0 Å². The second-order valence-electron chi connectivity index (χ2n) is 3.94. The van der Waals surface area contributed by atoms with Crippen LogP contribution in [-0.2, 0) is 13.0 Å². The van der Waals surface area contributed by atoms with Crippen molar-refractivity contribution in [1.82, 2.24) is 9.78 Å². The molecule has 88 valence electrons. The Hall–Kier alpha value is -0.970. The zero-order valence-corrected chi connectivity index (χ0v) is 10.3. The van der Waals surface area contributed by atoms with Crippen LogP contribution in [0.5, 0.6) is 0 Å². The van der Waals surface area contributed by atoms with Crippen LogP contribution >= 0.6 is 11.8 Å². The highest BCUT2D eigenvalue weighted by Crippen LogP contribution is 2.16. The quantitative estimate of drug-likeness (QED) is 0.806. The highest BCUT2D eigenvalue weighted by atomic mass is 32.2. The molecule has 5 heteroatoms. The van der Waals surface area contributed by atoms with Gasteiger partial charge in [-0.1, -0.05) is 0 Å². The van der Waals surface area contributed by atoms with Crippen LogP contribution in [0.15, 0.2) is 10.9 Å². The topological polar surface area (TPSA) is 46.9 Å². The summed E-state index contributed by atoms with van der Waals surface area (Å²) in [7, 11) is 0. The highest BCUT2D eigenvalue weighted by Gasteiger charge is 2.12. The molecule has 1 aromatic rings. The number of hydrogen-bond acceptors (Lipinski definition) is 4. The van der Waals surface area contributed by atoms with Crippen molar-refractivity contribution in [1.29, 1.82) is 0 Å². The van der Waals surface area contributed by atoms with E-state index in [0.29, 0.717) is 0 Å². The Morgan fingerprint density at radius 3 is 3.31 bits per heavy atom. The van der Waals surface area contributed by atoms with E-state index in [1.54, 1.807) is 22.5 Å². The van der Waals surface area contributed by atoms with Gasteiger partial charge >= 0.3 is 0 Å². The number of anilines is 1. The second kappa shape index (κ2) is 5.39. The van der Waals surface area contributed by atoms with Crippen LogP contribution in [0.3, 0.4) is 0 Å². The molecule has 0 bridgehead atoms. The number of rotatable bonds is 4. The Bertz CT molecular complexity index is 416. The molecule has 1 aliphatic heterocycles. The molecule has 0 unspecified atom stereocenters. The van der Waals surface area contributed by atoms with E-state index >= 15 is 0 Å². The summed E-state index contributed by atoms with van der Waals surface area (Å²) in [4.78, 5) is 11.7. The number of aryl methyl sites for hydroxylation is 2. The molecule has 2 rings (SSSR count). The van der Waals surface area contributed by atoms with Gasteiger partial charge in [0.15, 0.2) is 0 Å². The van der Waals surface area contributed by atoms with Gasteiger partial charge in [-0.15, -0.1) is 0 Å². The molecule has 16 heavy (non-hydrogen) atoms. The lowest BCUT2D eigenvalue weighted by molar-refractivity contribution is 0.553. The van der Waals surface area contributed by atoms with Gasteiger partial charge in [-0.3, -0.25) is 4.79 Å². The van der Waals surface area contributed by atoms with Crippen LogP contribution in [0.25, 0.3) is 0 Å². The SMILES string of the molecule is CSCCCn1nc2c(cc1=O)NCCC2. The van der Waals surface area contributed by atoms with Gasteiger partial charge in [0.2, 0.25) is 0 Å². The Morgan fingerprint density at radius 2 is 2.50 bits per heavy atom. The normalized spacial score (nSPS) is 14.3. The maximum absolute atomic E-state index is 11.7. The van der Waals surface area contributed by atoms with Crippen molar-refractivity contribution in [2.45, 2.75) is 25.8 Å². The maximum atomic E-state index is 11.7. The molecule has 4 nitrogen and oxygen atoms in total. The molecule has 0 radical (unpaired) electrons. The summed E-state index contributed by atoms with van der Waals surface area (Å²) >= 11 is 1.80. The predicted molar refractivity (Wildman–Crippen MR) is 68.3 cm³/mol. The fourth-order valence-electron chi connectivity index (χ4n) is 1.87. The number of fused-ring (bicyclic) bond motifs is 1. The second-order valence-corrected chi connectivity index (χ2v) is 4.93. The molecule has 1 aliphatic rings. The van der Waals surface area contributed by atoms with Crippen LogP contribution in [0.4, 0.5) is 5.69 Å². The zero-order chi connectivity index (χ0) is 11.4. The summed E-state index contributed by atoms with van der Waals surface area (Å²) < 4.78 is 1.60. The first-order valence-corrected chi connectivity index (χ1v) is 7.04. The molecule has 0 atom stereocenters. The van der Waals surface area contributed by atoms with Gasteiger partial charge in [-0.05, 0) is 31.3 Å². The highest BCUT2D eigenvalue weighted by molar-refractivity contribution is 7.98. The molecule has 0 saturated carbocycles. The third kappa shape index (κ3) is 2.58. The van der Waals surface area contributed by atoms with Gasteiger partial charge < -0.3 is 5.32 Å². The predicted octanol–water partition coefficient (Wildman–Crippen LogP) is 1.35. The zero-order valence-electron chi connectivity index (χ0n) is 9.53. The van der Waals surface area contributed by atoms with Crippen molar-refractivity contribution < 1.29 is 0 Å². The number of thioether (sulfide) groups is 1. The molecule has 0 spiro atoms. The first-order chi connectivity index (χ1) is 7.81. The van der Waals surface area contributed by atoms with E-state index in [1.165, 1.54) is 0 Å². The van der Waals surface area contributed by atoms with E-state index in [0.717, 1.165) is 49.5 Å². The lowest BCUT2D eigenvalue weighted by Gasteiger charge is -2.17. The molecule has 0 aromatic carbocycles. The van der Waals surface area contributed by atoms with Crippen LogP contribution in [-0.4, -0.2) is 28.3 Å². The molecule has 2 heterocycles. The number of aromatic nitrogens is 2. The Kier molecular flexibility index (Phi) is 3.88. The lowest BCUT2D eigenvalue weighted by Crippen LogP contribution is -2.27. The minimum absolute atomic E-state index is 0.00857. The van der Waals surface area contributed by atoms with E-state index < -0.39 is 0 Å². The summed E-state index contributed by atoms with van der Waals surface area (Å²) in [6.07, 6.45) is 5.15. The number of nitrogens with one attached hydrogen (secondary N) is 1. The van der Waals surface area contributed by atoms with E-state index in [9.17, 15) is 4.79 Å². The molecule has 1 aromatic heterocycles. The third-order valence-electron chi connectivity index (χ3n) is 2.70. The fourth-order valence-corrected chi connectivity index (χ4v) is 2.28. The van der Waals surface area contributed by atoms with Crippen molar-refractivity contribution in [2.75, 3.05) is 23.9 Å². The maximum Gasteiger partial charge on any atom is 0.268 e. The number of nitrogens with zero attached hydrogens (tertiary/aromatic N) is 2. The van der Waals surface area contributed by atoms with Gasteiger partial charge in [0.25, 0.3) is 5.56 Å². The van der Waals surface area contributed by atoms with Gasteiger partial charge in [0.05, 0.1) is 11.4 Å². The first-order valence-electron chi connectivity index (χ1n) is 5.65. The van der Waals surface area contributed by atoms with E-state index in [-0.39, 0.29) is 5.56 Å². The van der Waals surface area contributed by atoms with Crippen LogP contribution < -0.4 is 10.9 Å². The molecule has 0 saturated heterocycles. The fraction of sp³-hybridized carbons (Fsp3) is 0.636. The van der Waals surface area contributed by atoms with Crippen molar-refractivity contribution in [3.05, 3.63) is 22.1 Å². The largest absolute Gasteiger partial charge is 0.383 e. The van der Waals surface area contributed by atoms with Crippen molar-refractivity contribution in [3.63, 3.8) is 0 Å². The van der Waals surface area contributed by atoms with Gasteiger partial charge in [-0.25, -0.2) is 4.68 Å². The van der Waals surface area contributed by atoms with Gasteiger partial charge in [0, 0.05) is 19.2 Å². The third-order valence-corrected chi connectivity index (χ3v) is 3.40. The minimum Gasteiger partial charge on any atom is -0.383 e. The Balaban J connectivity index is 2.16. The van der Waals surface area contributed by atoms with Crippen molar-refractivity contribution in [3.8, 4) is 0 Å². The molecule has 1 N–H and O–H groups in total. The summed E-state index contributed by atoms with van der Waals surface area (Å²) in [6, 6.07) is 1.68. The van der Waals surface area contributed by atoms with Crippen molar-refractivity contribution >= 4 is 17.4 Å². The summed E-state index contributed by atoms with van der Waals surface area (Å²) in [5.41, 5.74) is 1.97. The molecule has 0 amide bonds. The molecule has 0 fully saturated rings. The number of hydrogen-bond donors (Lipinski definition) is 1. The van der Waals surface area contributed by atoms with E-state index in [4.69, 9.17) is 0 Å². The average molecular weight is 239 g/mol. The average Bonchev–Trinajstić information content (AvgIpc) is 2.30. The lowest BCUT2D eigenvalue weighted by atomic mass is 10.1. The first kappa shape index (κ1) is 11.5. The van der Waals surface area contributed by atoms with E-state index in [1.807, 2.05) is 0 Å². The van der Waals surface area contributed by atoms with Gasteiger partial charge in [-0.2, -0.15) is 16.9 Å². The van der Waals surface area contributed by atoms with Gasteiger partial charge in [0.1, 0.15) is 0 Å².